The van der Waals surface area contributed by atoms with Crippen molar-refractivity contribution in [2.75, 3.05) is 6.61 Å². The molecule has 0 aliphatic rings. The fourth-order valence-corrected chi connectivity index (χ4v) is 2.31. The maximum Gasteiger partial charge on any atom is 0.343 e. The molecule has 0 aliphatic heterocycles. The first-order valence-electron chi connectivity index (χ1n) is 7.08. The van der Waals surface area contributed by atoms with Crippen molar-refractivity contribution in [2.45, 2.75) is 0 Å². The Labute approximate surface area is 133 Å². The molecule has 112 valence electrons. The first kappa shape index (κ1) is 14.6. The van der Waals surface area contributed by atoms with E-state index in [0.717, 1.165) is 10.8 Å². The fourth-order valence-electron chi connectivity index (χ4n) is 2.31. The van der Waals surface area contributed by atoms with Crippen molar-refractivity contribution in [3.8, 4) is 17.6 Å². The zero-order valence-corrected chi connectivity index (χ0v) is 12.2. The number of carbonyl (C=O) groups excluding carboxylic acids is 1. The number of fused-ring (bicyclic) bond motifs is 1. The van der Waals surface area contributed by atoms with Crippen molar-refractivity contribution in [3.05, 3.63) is 72.3 Å². The molecular weight excluding hydrogens is 290 g/mol. The van der Waals surface area contributed by atoms with Crippen molar-refractivity contribution < 1.29 is 14.3 Å². The Kier molecular flexibility index (Phi) is 4.21. The van der Waals surface area contributed by atoms with E-state index in [2.05, 4.69) is 0 Å². The van der Waals surface area contributed by atoms with Gasteiger partial charge in [-0.2, -0.15) is 5.26 Å². The molecule has 3 rings (SSSR count). The summed E-state index contributed by atoms with van der Waals surface area (Å²) >= 11 is 0. The normalized spacial score (nSPS) is 10.0. The molecule has 0 aliphatic carbocycles. The summed E-state index contributed by atoms with van der Waals surface area (Å²) in [6.45, 7) is -0.0346. The standard InChI is InChI=1S/C19H13NO3/c20-12-13-22-17-10-4-9-16-15(17)8-5-11-18(16)23-19(21)14-6-2-1-3-7-14/h1-11H,13H2. The molecule has 0 saturated carbocycles. The van der Waals surface area contributed by atoms with Crippen LogP contribution in [-0.2, 0) is 0 Å². The van der Waals surface area contributed by atoms with Gasteiger partial charge in [0.15, 0.2) is 6.61 Å². The molecule has 3 aromatic rings. The van der Waals surface area contributed by atoms with Crippen molar-refractivity contribution in [2.24, 2.45) is 0 Å². The zero-order chi connectivity index (χ0) is 16.1. The van der Waals surface area contributed by atoms with E-state index in [9.17, 15) is 4.79 Å². The van der Waals surface area contributed by atoms with Gasteiger partial charge in [-0.1, -0.05) is 42.5 Å². The lowest BCUT2D eigenvalue weighted by Gasteiger charge is -2.10. The van der Waals surface area contributed by atoms with Gasteiger partial charge < -0.3 is 9.47 Å². The Balaban J connectivity index is 1.96. The lowest BCUT2D eigenvalue weighted by molar-refractivity contribution is 0.0737. The van der Waals surface area contributed by atoms with Gasteiger partial charge in [0, 0.05) is 10.8 Å². The van der Waals surface area contributed by atoms with E-state index >= 15 is 0 Å². The number of nitriles is 1. The number of ether oxygens (including phenoxy) is 2. The van der Waals surface area contributed by atoms with E-state index in [4.69, 9.17) is 14.7 Å². The topological polar surface area (TPSA) is 59.3 Å². The minimum atomic E-state index is -0.415. The molecule has 0 atom stereocenters. The van der Waals surface area contributed by atoms with E-state index in [1.165, 1.54) is 0 Å². The van der Waals surface area contributed by atoms with Crippen molar-refractivity contribution in [1.29, 1.82) is 5.26 Å². The number of carbonyl (C=O) groups is 1. The molecule has 0 saturated heterocycles. The van der Waals surface area contributed by atoms with Crippen LogP contribution in [0, 0.1) is 11.3 Å². The average molecular weight is 303 g/mol. The predicted octanol–water partition coefficient (Wildman–Crippen LogP) is 3.96. The van der Waals surface area contributed by atoms with Crippen LogP contribution in [0.25, 0.3) is 10.8 Å². The molecule has 0 N–H and O–H groups in total. The van der Waals surface area contributed by atoms with E-state index in [1.54, 1.807) is 48.5 Å². The number of rotatable bonds is 4. The van der Waals surface area contributed by atoms with E-state index in [-0.39, 0.29) is 6.61 Å². The van der Waals surface area contributed by atoms with Crippen molar-refractivity contribution in [3.63, 3.8) is 0 Å². The van der Waals surface area contributed by atoms with Gasteiger partial charge in [0.2, 0.25) is 0 Å². The Bertz CT molecular complexity index is 882. The van der Waals surface area contributed by atoms with Gasteiger partial charge in [0.1, 0.15) is 17.6 Å². The Hall–Kier alpha value is -3.32. The summed E-state index contributed by atoms with van der Waals surface area (Å²) in [6.07, 6.45) is 0. The number of hydrogen-bond donors (Lipinski definition) is 0. The summed E-state index contributed by atoms with van der Waals surface area (Å²) < 4.78 is 10.9. The van der Waals surface area contributed by atoms with Gasteiger partial charge in [-0.3, -0.25) is 0 Å². The van der Waals surface area contributed by atoms with Crippen molar-refractivity contribution >= 4 is 16.7 Å². The molecule has 4 nitrogen and oxygen atoms in total. The first-order chi connectivity index (χ1) is 11.3. The van der Waals surface area contributed by atoms with Gasteiger partial charge in [0.05, 0.1) is 5.56 Å². The highest BCUT2D eigenvalue weighted by molar-refractivity contribution is 5.97. The Morgan fingerprint density at radius 3 is 2.22 bits per heavy atom. The van der Waals surface area contributed by atoms with Crippen LogP contribution in [0.2, 0.25) is 0 Å². The Morgan fingerprint density at radius 1 is 0.870 bits per heavy atom. The molecular formula is C19H13NO3. The lowest BCUT2D eigenvalue weighted by Crippen LogP contribution is -2.08. The van der Waals surface area contributed by atoms with Crippen LogP contribution in [-0.4, -0.2) is 12.6 Å². The van der Waals surface area contributed by atoms with Crippen LogP contribution in [0.4, 0.5) is 0 Å². The van der Waals surface area contributed by atoms with Gasteiger partial charge in [-0.25, -0.2) is 4.79 Å². The second-order valence-corrected chi connectivity index (χ2v) is 4.81. The summed E-state index contributed by atoms with van der Waals surface area (Å²) in [4.78, 5) is 12.2. The number of esters is 1. The lowest BCUT2D eigenvalue weighted by atomic mass is 10.1. The SMILES string of the molecule is N#CCOc1cccc2c(OC(=O)c3ccccc3)cccc12. The Morgan fingerprint density at radius 2 is 1.52 bits per heavy atom. The van der Waals surface area contributed by atoms with Crippen LogP contribution in [0.1, 0.15) is 10.4 Å². The second kappa shape index (κ2) is 6.63. The minimum absolute atomic E-state index is 0.0346. The first-order valence-corrected chi connectivity index (χ1v) is 7.08. The summed E-state index contributed by atoms with van der Waals surface area (Å²) in [6, 6.07) is 21.6. The average Bonchev–Trinajstić information content (AvgIpc) is 2.61. The maximum absolute atomic E-state index is 12.2. The number of benzene rings is 3. The van der Waals surface area contributed by atoms with Crippen LogP contribution >= 0.6 is 0 Å². The second-order valence-electron chi connectivity index (χ2n) is 4.81. The molecule has 4 heteroatoms. The van der Waals surface area contributed by atoms with E-state index in [0.29, 0.717) is 17.1 Å². The third-order valence-electron chi connectivity index (χ3n) is 3.35. The predicted molar refractivity (Wildman–Crippen MR) is 86.5 cm³/mol. The molecule has 0 bridgehead atoms. The molecule has 0 radical (unpaired) electrons. The molecule has 0 aromatic heterocycles. The fraction of sp³-hybridized carbons (Fsp3) is 0.0526. The number of hydrogen-bond acceptors (Lipinski definition) is 4. The van der Waals surface area contributed by atoms with Crippen LogP contribution in [0.5, 0.6) is 11.5 Å². The van der Waals surface area contributed by atoms with Gasteiger partial charge in [-0.15, -0.1) is 0 Å². The zero-order valence-electron chi connectivity index (χ0n) is 12.2. The minimum Gasteiger partial charge on any atom is -0.478 e. The molecule has 23 heavy (non-hydrogen) atoms. The monoisotopic (exact) mass is 303 g/mol. The summed E-state index contributed by atoms with van der Waals surface area (Å²) in [5.41, 5.74) is 0.487. The summed E-state index contributed by atoms with van der Waals surface area (Å²) in [7, 11) is 0. The largest absolute Gasteiger partial charge is 0.478 e. The van der Waals surface area contributed by atoms with E-state index in [1.807, 2.05) is 24.3 Å². The number of nitrogens with zero attached hydrogens (tertiary/aromatic N) is 1. The van der Waals surface area contributed by atoms with Gasteiger partial charge >= 0.3 is 5.97 Å². The quantitative estimate of drug-likeness (QED) is 0.540. The molecule has 0 fully saturated rings. The van der Waals surface area contributed by atoms with Gasteiger partial charge in [-0.05, 0) is 24.3 Å². The molecule has 0 spiro atoms. The summed E-state index contributed by atoms with van der Waals surface area (Å²) in [5, 5.41) is 10.2. The van der Waals surface area contributed by atoms with E-state index < -0.39 is 5.97 Å². The highest BCUT2D eigenvalue weighted by atomic mass is 16.5. The van der Waals surface area contributed by atoms with Crippen LogP contribution in [0.15, 0.2) is 66.7 Å². The molecule has 0 unspecified atom stereocenters. The smallest absolute Gasteiger partial charge is 0.343 e. The van der Waals surface area contributed by atoms with Crippen LogP contribution in [0.3, 0.4) is 0 Å². The third-order valence-corrected chi connectivity index (χ3v) is 3.35. The molecule has 0 amide bonds. The van der Waals surface area contributed by atoms with Gasteiger partial charge in [0.25, 0.3) is 0 Å². The van der Waals surface area contributed by atoms with Crippen molar-refractivity contribution in [1.82, 2.24) is 0 Å². The van der Waals surface area contributed by atoms with Crippen LogP contribution < -0.4 is 9.47 Å². The molecule has 0 heterocycles. The highest BCUT2D eigenvalue weighted by Crippen LogP contribution is 2.32. The maximum atomic E-state index is 12.2. The summed E-state index contributed by atoms with van der Waals surface area (Å²) in [5.74, 6) is 0.627. The highest BCUT2D eigenvalue weighted by Gasteiger charge is 2.12. The third kappa shape index (κ3) is 3.14. The molecule has 3 aromatic carbocycles.